The Kier molecular flexibility index (Phi) is 4.84. The summed E-state index contributed by atoms with van der Waals surface area (Å²) in [5.74, 6) is 0.560. The van der Waals surface area contributed by atoms with Crippen LogP contribution in [0.3, 0.4) is 0 Å². The predicted molar refractivity (Wildman–Crippen MR) is 103 cm³/mol. The van der Waals surface area contributed by atoms with E-state index in [1.807, 2.05) is 13.0 Å². The first-order valence-corrected chi connectivity index (χ1v) is 10.2. The average Bonchev–Trinajstić information content (AvgIpc) is 3.38. The van der Waals surface area contributed by atoms with E-state index in [0.717, 1.165) is 73.3 Å². The van der Waals surface area contributed by atoms with Crippen molar-refractivity contribution in [1.29, 1.82) is 0 Å². The van der Waals surface area contributed by atoms with Crippen molar-refractivity contribution in [2.75, 3.05) is 44.2 Å². The van der Waals surface area contributed by atoms with Gasteiger partial charge in [-0.1, -0.05) is 22.9 Å². The van der Waals surface area contributed by atoms with E-state index in [1.54, 1.807) is 16.2 Å². The largest absolute Gasteiger partial charge is 0.350 e. The number of rotatable bonds is 5. The van der Waals surface area contributed by atoms with Crippen molar-refractivity contribution in [3.8, 4) is 0 Å². The Bertz CT molecular complexity index is 781. The zero-order chi connectivity index (χ0) is 17.4. The molecular formula is C18H24ClN4OS+. The molecule has 0 spiro atoms. The van der Waals surface area contributed by atoms with Crippen LogP contribution in [-0.2, 0) is 4.79 Å². The Morgan fingerprint density at radius 3 is 2.88 bits per heavy atom. The minimum absolute atomic E-state index is 0.251. The summed E-state index contributed by atoms with van der Waals surface area (Å²) in [6, 6.07) is 4.02. The van der Waals surface area contributed by atoms with Crippen LogP contribution in [0.1, 0.15) is 18.4 Å². The summed E-state index contributed by atoms with van der Waals surface area (Å²) >= 11 is 7.96. The van der Waals surface area contributed by atoms with E-state index in [4.69, 9.17) is 16.6 Å². The fourth-order valence-corrected chi connectivity index (χ4v) is 4.57. The van der Waals surface area contributed by atoms with Crippen LogP contribution in [0.5, 0.6) is 0 Å². The van der Waals surface area contributed by atoms with E-state index in [0.29, 0.717) is 5.92 Å². The van der Waals surface area contributed by atoms with Crippen LogP contribution in [0.15, 0.2) is 12.1 Å². The van der Waals surface area contributed by atoms with Crippen LogP contribution < -0.4 is 15.1 Å². The van der Waals surface area contributed by atoms with Gasteiger partial charge in [0.1, 0.15) is 0 Å². The maximum atomic E-state index is 11.7. The Labute approximate surface area is 157 Å². The number of benzene rings is 1. The molecular weight excluding hydrogens is 356 g/mol. The number of amides is 1. The van der Waals surface area contributed by atoms with Gasteiger partial charge in [-0.05, 0) is 37.5 Å². The quantitative estimate of drug-likeness (QED) is 0.827. The van der Waals surface area contributed by atoms with Gasteiger partial charge in [-0.3, -0.25) is 4.79 Å². The number of carbonyl (C=O) groups is 1. The molecule has 0 atom stereocenters. The van der Waals surface area contributed by atoms with Gasteiger partial charge in [0.05, 0.1) is 49.5 Å². The van der Waals surface area contributed by atoms with Crippen LogP contribution in [0, 0.1) is 12.8 Å². The lowest BCUT2D eigenvalue weighted by Gasteiger charge is -2.32. The minimum Gasteiger partial charge on any atom is -0.350 e. The molecule has 0 unspecified atom stereocenters. The molecule has 4 rings (SSSR count). The highest BCUT2D eigenvalue weighted by atomic mass is 35.5. The molecule has 1 saturated heterocycles. The van der Waals surface area contributed by atoms with Gasteiger partial charge in [0.25, 0.3) is 0 Å². The molecule has 1 aliphatic carbocycles. The van der Waals surface area contributed by atoms with Crippen LogP contribution in [-0.4, -0.2) is 50.2 Å². The maximum Gasteiger partial charge on any atom is 0.223 e. The number of halogens is 1. The summed E-state index contributed by atoms with van der Waals surface area (Å²) in [5, 5.41) is 4.95. The highest BCUT2D eigenvalue weighted by Gasteiger charge is 2.29. The molecule has 25 heavy (non-hydrogen) atoms. The molecule has 1 amide bonds. The number of carbonyl (C=O) groups excluding carboxylic acids is 1. The summed E-state index contributed by atoms with van der Waals surface area (Å²) in [6.45, 7) is 8.05. The zero-order valence-electron chi connectivity index (χ0n) is 14.5. The van der Waals surface area contributed by atoms with Gasteiger partial charge in [0, 0.05) is 10.9 Å². The molecule has 1 aliphatic heterocycles. The first kappa shape index (κ1) is 17.1. The van der Waals surface area contributed by atoms with Crippen LogP contribution >= 0.6 is 22.9 Å². The van der Waals surface area contributed by atoms with Crippen molar-refractivity contribution in [2.24, 2.45) is 5.92 Å². The second-order valence-electron chi connectivity index (χ2n) is 7.07. The summed E-state index contributed by atoms with van der Waals surface area (Å²) in [7, 11) is 0. The third-order valence-corrected chi connectivity index (χ3v) is 6.69. The van der Waals surface area contributed by atoms with E-state index >= 15 is 0 Å². The fourth-order valence-electron chi connectivity index (χ4n) is 3.34. The number of thiazole rings is 1. The summed E-state index contributed by atoms with van der Waals surface area (Å²) in [6.07, 6.45) is 2.15. The van der Waals surface area contributed by atoms with Crippen LogP contribution in [0.4, 0.5) is 5.13 Å². The number of nitrogens with zero attached hydrogens (tertiary/aromatic N) is 2. The van der Waals surface area contributed by atoms with Gasteiger partial charge >= 0.3 is 0 Å². The van der Waals surface area contributed by atoms with Crippen molar-refractivity contribution in [3.05, 3.63) is 22.7 Å². The third-order valence-electron chi connectivity index (χ3n) is 5.20. The van der Waals surface area contributed by atoms with Crippen molar-refractivity contribution in [1.82, 2.24) is 10.3 Å². The monoisotopic (exact) mass is 379 g/mol. The van der Waals surface area contributed by atoms with Gasteiger partial charge in [-0.25, -0.2) is 4.98 Å². The van der Waals surface area contributed by atoms with Gasteiger partial charge in [-0.15, -0.1) is 0 Å². The fraction of sp³-hybridized carbons (Fsp3) is 0.556. The average molecular weight is 380 g/mol. The van der Waals surface area contributed by atoms with E-state index < -0.39 is 0 Å². The Hall–Kier alpha value is -1.37. The standard InChI is InChI=1S/C18H23ClN4OS/c1-12-14(19)4-5-15-16(12)21-18(25-15)23-10-8-22(9-11-23)7-6-20-17(24)13-2-3-13/h4-5,13H,2-3,6-11H2,1H3,(H,20,24)/p+1. The number of hydrogen-bond donors (Lipinski definition) is 2. The number of hydrogen-bond acceptors (Lipinski definition) is 4. The topological polar surface area (TPSA) is 49.7 Å². The highest BCUT2D eigenvalue weighted by molar-refractivity contribution is 7.22. The molecule has 2 heterocycles. The first-order valence-electron chi connectivity index (χ1n) is 9.03. The lowest BCUT2D eigenvalue weighted by atomic mass is 10.2. The SMILES string of the molecule is Cc1c(Cl)ccc2sc(N3CC[NH+](CCNC(=O)C4CC4)CC3)nc12. The van der Waals surface area contributed by atoms with E-state index in [1.165, 1.54) is 4.70 Å². The first-order chi connectivity index (χ1) is 12.1. The number of aromatic nitrogens is 1. The van der Waals surface area contributed by atoms with E-state index in [-0.39, 0.29) is 5.91 Å². The molecule has 0 radical (unpaired) electrons. The second kappa shape index (κ2) is 7.09. The van der Waals surface area contributed by atoms with Crippen molar-refractivity contribution < 1.29 is 9.69 Å². The molecule has 1 aromatic heterocycles. The highest BCUT2D eigenvalue weighted by Crippen LogP contribution is 2.33. The van der Waals surface area contributed by atoms with E-state index in [9.17, 15) is 4.79 Å². The molecule has 7 heteroatoms. The molecule has 2 aliphatic rings. The van der Waals surface area contributed by atoms with Gasteiger partial charge < -0.3 is 15.1 Å². The molecule has 2 N–H and O–H groups in total. The normalized spacial score (nSPS) is 18.7. The van der Waals surface area contributed by atoms with Crippen molar-refractivity contribution >= 4 is 44.2 Å². The second-order valence-corrected chi connectivity index (χ2v) is 8.48. The molecule has 2 aromatic rings. The Balaban J connectivity index is 1.31. The number of piperazine rings is 1. The third kappa shape index (κ3) is 3.76. The number of aryl methyl sites for hydroxylation is 1. The summed E-state index contributed by atoms with van der Waals surface area (Å²) in [4.78, 5) is 20.4. The molecule has 0 bridgehead atoms. The van der Waals surface area contributed by atoms with E-state index in [2.05, 4.69) is 16.3 Å². The van der Waals surface area contributed by atoms with Gasteiger partial charge in [0.15, 0.2) is 5.13 Å². The number of anilines is 1. The summed E-state index contributed by atoms with van der Waals surface area (Å²) < 4.78 is 1.20. The van der Waals surface area contributed by atoms with Gasteiger partial charge in [-0.2, -0.15) is 0 Å². The predicted octanol–water partition coefficient (Wildman–Crippen LogP) is 1.49. The summed E-state index contributed by atoms with van der Waals surface area (Å²) in [5.41, 5.74) is 2.10. The zero-order valence-corrected chi connectivity index (χ0v) is 16.1. The number of nitrogens with one attached hydrogen (secondary N) is 2. The maximum absolute atomic E-state index is 11.7. The Morgan fingerprint density at radius 2 is 2.16 bits per heavy atom. The van der Waals surface area contributed by atoms with Crippen molar-refractivity contribution in [2.45, 2.75) is 19.8 Å². The lowest BCUT2D eigenvalue weighted by Crippen LogP contribution is -3.15. The smallest absolute Gasteiger partial charge is 0.223 e. The number of quaternary nitrogens is 1. The Morgan fingerprint density at radius 1 is 1.40 bits per heavy atom. The number of fused-ring (bicyclic) bond motifs is 1. The van der Waals surface area contributed by atoms with Gasteiger partial charge in [0.2, 0.25) is 5.91 Å². The molecule has 5 nitrogen and oxygen atoms in total. The van der Waals surface area contributed by atoms with Crippen molar-refractivity contribution in [3.63, 3.8) is 0 Å². The molecule has 1 saturated carbocycles. The van der Waals surface area contributed by atoms with Crippen LogP contribution in [0.2, 0.25) is 5.02 Å². The molecule has 2 fully saturated rings. The lowest BCUT2D eigenvalue weighted by molar-refractivity contribution is -0.899. The van der Waals surface area contributed by atoms with Crippen LogP contribution in [0.25, 0.3) is 10.2 Å². The molecule has 134 valence electrons. The molecule has 1 aromatic carbocycles. The minimum atomic E-state index is 0.251.